The molecule has 11 heavy (non-hydrogen) atoms. The third-order valence-corrected chi connectivity index (χ3v) is 1.10. The number of Topliss-reactive ketones (excluding diaryl/α,β-unsaturated/α-hetero) is 1. The molecule has 0 rings (SSSR count). The maximum absolute atomic E-state index is 10.6. The molecule has 0 aromatic carbocycles. The zero-order chi connectivity index (χ0) is 9.02. The molecule has 0 aromatic heterocycles. The number of nitrogens with zero attached hydrogens (tertiary/aromatic N) is 1. The van der Waals surface area contributed by atoms with E-state index in [0.717, 1.165) is 6.92 Å². The van der Waals surface area contributed by atoms with Crippen LogP contribution in [0.25, 0.3) is 0 Å². The maximum Gasteiger partial charge on any atom is 0.321 e. The summed E-state index contributed by atoms with van der Waals surface area (Å²) < 4.78 is 0. The first-order chi connectivity index (χ1) is 5.00. The highest BCUT2D eigenvalue weighted by Gasteiger charge is 2.26. The van der Waals surface area contributed by atoms with Gasteiger partial charge < -0.3 is 16.7 Å². The number of carboxylic acids is 1. The number of ketones is 1. The molecular formula is C5H9N3O3. The molecule has 0 aliphatic heterocycles. The van der Waals surface area contributed by atoms with Crippen molar-refractivity contribution in [3.8, 4) is 0 Å². The molecule has 0 aromatic rings. The number of hydrogen-bond donors (Lipinski definition) is 3. The summed E-state index contributed by atoms with van der Waals surface area (Å²) in [6, 6.07) is 0. The van der Waals surface area contributed by atoms with E-state index in [4.69, 9.17) is 16.7 Å². The molecular weight excluding hydrogens is 150 g/mol. The molecule has 0 heterocycles. The lowest BCUT2D eigenvalue weighted by Crippen LogP contribution is -2.36. The first kappa shape index (κ1) is 9.41. The van der Waals surface area contributed by atoms with Gasteiger partial charge >= 0.3 is 5.97 Å². The zero-order valence-electron chi connectivity index (χ0n) is 5.94. The third-order valence-electron chi connectivity index (χ3n) is 1.10. The SMILES string of the molecule is CC(=O)C(C(=O)O)/C(N)=N/N. The fourth-order valence-corrected chi connectivity index (χ4v) is 0.583. The molecule has 0 fully saturated rings. The van der Waals surface area contributed by atoms with Gasteiger partial charge in [-0.25, -0.2) is 0 Å². The highest BCUT2D eigenvalue weighted by molar-refractivity contribution is 6.16. The van der Waals surface area contributed by atoms with Crippen LogP contribution in [0.5, 0.6) is 0 Å². The second kappa shape index (κ2) is 3.55. The van der Waals surface area contributed by atoms with Gasteiger partial charge in [-0.2, -0.15) is 5.10 Å². The van der Waals surface area contributed by atoms with Crippen LogP contribution in [0.2, 0.25) is 0 Å². The molecule has 1 atom stereocenters. The number of hydrazone groups is 1. The first-order valence-electron chi connectivity index (χ1n) is 2.77. The normalized spacial score (nSPS) is 14.1. The zero-order valence-corrected chi connectivity index (χ0v) is 5.94. The summed E-state index contributed by atoms with van der Waals surface area (Å²) in [5, 5.41) is 11.3. The van der Waals surface area contributed by atoms with Gasteiger partial charge in [0.2, 0.25) is 0 Å². The maximum atomic E-state index is 10.6. The Kier molecular flexibility index (Phi) is 3.03. The minimum atomic E-state index is -1.42. The summed E-state index contributed by atoms with van der Waals surface area (Å²) in [4.78, 5) is 20.9. The van der Waals surface area contributed by atoms with Crippen molar-refractivity contribution in [3.05, 3.63) is 0 Å². The number of rotatable bonds is 3. The highest BCUT2D eigenvalue weighted by atomic mass is 16.4. The van der Waals surface area contributed by atoms with Crippen molar-refractivity contribution < 1.29 is 14.7 Å². The summed E-state index contributed by atoms with van der Waals surface area (Å²) in [6.07, 6.45) is 0. The topological polar surface area (TPSA) is 119 Å². The summed E-state index contributed by atoms with van der Waals surface area (Å²) in [5.41, 5.74) is 5.04. The molecule has 0 aliphatic carbocycles. The molecule has 0 aliphatic rings. The van der Waals surface area contributed by atoms with E-state index in [1.54, 1.807) is 0 Å². The molecule has 62 valence electrons. The number of nitrogens with two attached hydrogens (primary N) is 2. The molecule has 0 amide bonds. The Morgan fingerprint density at radius 2 is 2.00 bits per heavy atom. The van der Waals surface area contributed by atoms with Crippen LogP contribution >= 0.6 is 0 Å². The monoisotopic (exact) mass is 159 g/mol. The second-order valence-electron chi connectivity index (χ2n) is 1.94. The Labute approximate surface area is 62.9 Å². The Morgan fingerprint density at radius 1 is 1.55 bits per heavy atom. The summed E-state index contributed by atoms with van der Waals surface area (Å²) in [6.45, 7) is 1.11. The molecule has 0 bridgehead atoms. The fraction of sp³-hybridized carbons (Fsp3) is 0.400. The van der Waals surface area contributed by atoms with Crippen molar-refractivity contribution >= 4 is 17.6 Å². The molecule has 0 radical (unpaired) electrons. The molecule has 0 saturated heterocycles. The minimum Gasteiger partial charge on any atom is -0.480 e. The van der Waals surface area contributed by atoms with Crippen LogP contribution in [0.4, 0.5) is 0 Å². The van der Waals surface area contributed by atoms with Gasteiger partial charge in [0.1, 0.15) is 5.84 Å². The summed E-state index contributed by atoms with van der Waals surface area (Å²) in [5.74, 6) is 0.958. The van der Waals surface area contributed by atoms with Gasteiger partial charge in [-0.05, 0) is 6.92 Å². The van der Waals surface area contributed by atoms with Gasteiger partial charge in [0, 0.05) is 0 Å². The van der Waals surface area contributed by atoms with E-state index in [1.165, 1.54) is 0 Å². The van der Waals surface area contributed by atoms with Crippen molar-refractivity contribution in [1.82, 2.24) is 0 Å². The van der Waals surface area contributed by atoms with Crippen LogP contribution in [0.3, 0.4) is 0 Å². The van der Waals surface area contributed by atoms with Crippen LogP contribution in [0, 0.1) is 5.92 Å². The third kappa shape index (κ3) is 2.24. The lowest BCUT2D eigenvalue weighted by atomic mass is 10.1. The van der Waals surface area contributed by atoms with E-state index in [0.29, 0.717) is 0 Å². The predicted molar refractivity (Wildman–Crippen MR) is 37.6 cm³/mol. The average molecular weight is 159 g/mol. The van der Waals surface area contributed by atoms with Gasteiger partial charge in [0.05, 0.1) is 0 Å². The molecule has 6 nitrogen and oxygen atoms in total. The number of carboxylic acid groups (broad SMARTS) is 1. The molecule has 5 N–H and O–H groups in total. The summed E-state index contributed by atoms with van der Waals surface area (Å²) >= 11 is 0. The highest BCUT2D eigenvalue weighted by Crippen LogP contribution is 1.97. The Morgan fingerprint density at radius 3 is 2.09 bits per heavy atom. The minimum absolute atomic E-state index is 0.384. The van der Waals surface area contributed by atoms with Crippen molar-refractivity contribution in [2.24, 2.45) is 22.6 Å². The number of amidine groups is 1. The van der Waals surface area contributed by atoms with Crippen molar-refractivity contribution in [1.29, 1.82) is 0 Å². The number of carbonyl (C=O) groups excluding carboxylic acids is 1. The van der Waals surface area contributed by atoms with Gasteiger partial charge in [0.15, 0.2) is 11.7 Å². The van der Waals surface area contributed by atoms with E-state index in [9.17, 15) is 9.59 Å². The molecule has 1 unspecified atom stereocenters. The van der Waals surface area contributed by atoms with E-state index >= 15 is 0 Å². The lowest BCUT2D eigenvalue weighted by Gasteiger charge is -2.05. The largest absolute Gasteiger partial charge is 0.480 e. The van der Waals surface area contributed by atoms with E-state index in [2.05, 4.69) is 5.10 Å². The van der Waals surface area contributed by atoms with Gasteiger partial charge in [0.25, 0.3) is 0 Å². The van der Waals surface area contributed by atoms with Gasteiger partial charge in [-0.3, -0.25) is 9.59 Å². The molecule has 0 spiro atoms. The smallest absolute Gasteiger partial charge is 0.321 e. The van der Waals surface area contributed by atoms with E-state index < -0.39 is 17.7 Å². The van der Waals surface area contributed by atoms with Crippen LogP contribution in [0.15, 0.2) is 5.10 Å². The van der Waals surface area contributed by atoms with Gasteiger partial charge in [-0.15, -0.1) is 0 Å². The van der Waals surface area contributed by atoms with E-state index in [1.807, 2.05) is 0 Å². The predicted octanol–water partition coefficient (Wildman–Crippen LogP) is -1.49. The Hall–Kier alpha value is -1.59. The average Bonchev–Trinajstić information content (AvgIpc) is 1.85. The standard InChI is InChI=1S/C5H9N3O3/c1-2(9)3(5(10)11)4(6)8-7/h3H,7H2,1H3,(H2,6,8)(H,10,11). The lowest BCUT2D eigenvalue weighted by molar-refractivity contribution is -0.142. The summed E-state index contributed by atoms with van der Waals surface area (Å²) in [7, 11) is 0. The van der Waals surface area contributed by atoms with Crippen LogP contribution in [0.1, 0.15) is 6.92 Å². The van der Waals surface area contributed by atoms with Crippen LogP contribution in [-0.2, 0) is 9.59 Å². The Bertz CT molecular complexity index is 197. The fourth-order valence-electron chi connectivity index (χ4n) is 0.583. The van der Waals surface area contributed by atoms with Crippen molar-refractivity contribution in [3.63, 3.8) is 0 Å². The second-order valence-corrected chi connectivity index (χ2v) is 1.94. The number of aliphatic carboxylic acids is 1. The van der Waals surface area contributed by atoms with Crippen molar-refractivity contribution in [2.45, 2.75) is 6.92 Å². The molecule has 0 saturated carbocycles. The van der Waals surface area contributed by atoms with Crippen LogP contribution in [-0.4, -0.2) is 22.7 Å². The first-order valence-corrected chi connectivity index (χ1v) is 2.77. The number of hydrogen-bond acceptors (Lipinski definition) is 4. The van der Waals surface area contributed by atoms with E-state index in [-0.39, 0.29) is 5.84 Å². The molecule has 6 heteroatoms. The van der Waals surface area contributed by atoms with Gasteiger partial charge in [-0.1, -0.05) is 0 Å². The Balaban J connectivity index is 4.62. The van der Waals surface area contributed by atoms with Crippen molar-refractivity contribution in [2.75, 3.05) is 0 Å². The van der Waals surface area contributed by atoms with Crippen LogP contribution < -0.4 is 11.6 Å². The quantitative estimate of drug-likeness (QED) is 0.152. The number of carbonyl (C=O) groups is 2.